The van der Waals surface area contributed by atoms with E-state index < -0.39 is 30.4 Å². The summed E-state index contributed by atoms with van der Waals surface area (Å²) >= 11 is 0. The predicted octanol–water partition coefficient (Wildman–Crippen LogP) is 2.25. The Bertz CT molecular complexity index is 1130. The molecule has 0 unspecified atom stereocenters. The van der Waals surface area contributed by atoms with Gasteiger partial charge in [-0.15, -0.1) is 0 Å². The van der Waals surface area contributed by atoms with Crippen molar-refractivity contribution in [1.82, 2.24) is 14.8 Å². The highest BCUT2D eigenvalue weighted by atomic mass is 16.5. The number of methoxy groups -OCH3 is 2. The van der Waals surface area contributed by atoms with E-state index in [0.29, 0.717) is 5.56 Å². The summed E-state index contributed by atoms with van der Waals surface area (Å²) in [6, 6.07) is 6.49. The van der Waals surface area contributed by atoms with Crippen LogP contribution in [-0.2, 0) is 19.1 Å². The average Bonchev–Trinajstić information content (AvgIpc) is 3.16. The van der Waals surface area contributed by atoms with Gasteiger partial charge in [0.1, 0.15) is 12.2 Å². The monoisotopic (exact) mass is 425 g/mol. The van der Waals surface area contributed by atoms with Crippen LogP contribution >= 0.6 is 0 Å². The van der Waals surface area contributed by atoms with Crippen LogP contribution in [0.15, 0.2) is 30.0 Å². The molecule has 3 rings (SSSR count). The Labute approximate surface area is 179 Å². The second-order valence-corrected chi connectivity index (χ2v) is 7.11. The molecule has 1 N–H and O–H groups in total. The zero-order valence-electron chi connectivity index (χ0n) is 17.9. The molecule has 9 nitrogen and oxygen atoms in total. The third-order valence-corrected chi connectivity index (χ3v) is 5.11. The highest BCUT2D eigenvalue weighted by Crippen LogP contribution is 2.26. The van der Waals surface area contributed by atoms with Crippen molar-refractivity contribution in [3.63, 3.8) is 0 Å². The number of aryl methyl sites for hydroxylation is 2. The van der Waals surface area contributed by atoms with Crippen LogP contribution in [0.2, 0.25) is 0 Å². The molecule has 1 aliphatic heterocycles. The molecule has 3 amide bonds. The summed E-state index contributed by atoms with van der Waals surface area (Å²) in [4.78, 5) is 48.6. The number of benzene rings is 1. The Balaban J connectivity index is 1.96. The number of ether oxygens (including phenoxy) is 2. The fourth-order valence-corrected chi connectivity index (χ4v) is 3.52. The van der Waals surface area contributed by atoms with Crippen molar-refractivity contribution in [2.75, 3.05) is 20.8 Å². The van der Waals surface area contributed by atoms with Gasteiger partial charge in [-0.25, -0.2) is 14.5 Å². The average molecular weight is 425 g/mol. The Morgan fingerprint density at radius 1 is 1.06 bits per heavy atom. The maximum absolute atomic E-state index is 12.5. The van der Waals surface area contributed by atoms with E-state index in [1.807, 2.05) is 37.5 Å². The zero-order valence-corrected chi connectivity index (χ0v) is 17.9. The van der Waals surface area contributed by atoms with Gasteiger partial charge in [0, 0.05) is 17.1 Å². The number of hydrogen-bond acceptors (Lipinski definition) is 6. The number of urea groups is 1. The molecule has 0 radical (unpaired) electrons. The molecule has 2 heterocycles. The molecule has 0 saturated carbocycles. The molecule has 1 fully saturated rings. The van der Waals surface area contributed by atoms with Gasteiger partial charge in [-0.3, -0.25) is 9.59 Å². The van der Waals surface area contributed by atoms with Gasteiger partial charge in [-0.05, 0) is 62.2 Å². The van der Waals surface area contributed by atoms with Crippen molar-refractivity contribution in [2.45, 2.75) is 20.8 Å². The van der Waals surface area contributed by atoms with Crippen LogP contribution < -0.4 is 5.32 Å². The summed E-state index contributed by atoms with van der Waals surface area (Å²) in [5.74, 6) is -1.69. The minimum atomic E-state index is -0.686. The molecule has 1 aliphatic rings. The molecular formula is C22H23N3O6. The van der Waals surface area contributed by atoms with Crippen molar-refractivity contribution >= 4 is 30.0 Å². The number of carbonyl (C=O) groups is 4. The Morgan fingerprint density at radius 3 is 2.39 bits per heavy atom. The van der Waals surface area contributed by atoms with Crippen molar-refractivity contribution in [3.05, 3.63) is 58.0 Å². The molecule has 1 saturated heterocycles. The Hall–Kier alpha value is -3.88. The Kier molecular flexibility index (Phi) is 5.96. The van der Waals surface area contributed by atoms with Gasteiger partial charge in [0.15, 0.2) is 0 Å². The maximum atomic E-state index is 12.5. The van der Waals surface area contributed by atoms with Crippen molar-refractivity contribution in [1.29, 1.82) is 0 Å². The van der Waals surface area contributed by atoms with Gasteiger partial charge in [-0.2, -0.15) is 0 Å². The molecule has 162 valence electrons. The number of rotatable bonds is 5. The van der Waals surface area contributed by atoms with E-state index in [1.54, 1.807) is 18.2 Å². The quantitative estimate of drug-likeness (QED) is 0.447. The lowest BCUT2D eigenvalue weighted by Gasteiger charge is -2.14. The first-order chi connectivity index (χ1) is 14.7. The molecule has 0 bridgehead atoms. The summed E-state index contributed by atoms with van der Waals surface area (Å²) in [6.45, 7) is 5.25. The number of aromatic nitrogens is 1. The van der Waals surface area contributed by atoms with E-state index >= 15 is 0 Å². The number of imide groups is 1. The number of esters is 2. The van der Waals surface area contributed by atoms with Crippen molar-refractivity contribution in [2.24, 2.45) is 0 Å². The van der Waals surface area contributed by atoms with Crippen LogP contribution in [0, 0.1) is 20.8 Å². The lowest BCUT2D eigenvalue weighted by Crippen LogP contribution is -2.36. The summed E-state index contributed by atoms with van der Waals surface area (Å²) in [5.41, 5.74) is 4.76. The molecule has 1 aromatic carbocycles. The second kappa shape index (κ2) is 8.47. The molecule has 31 heavy (non-hydrogen) atoms. The van der Waals surface area contributed by atoms with Crippen molar-refractivity contribution in [3.8, 4) is 5.69 Å². The van der Waals surface area contributed by atoms with Gasteiger partial charge in [-0.1, -0.05) is 0 Å². The van der Waals surface area contributed by atoms with Crippen LogP contribution in [0.3, 0.4) is 0 Å². The lowest BCUT2D eigenvalue weighted by atomic mass is 10.1. The van der Waals surface area contributed by atoms with Gasteiger partial charge < -0.3 is 19.4 Å². The van der Waals surface area contributed by atoms with Gasteiger partial charge in [0.2, 0.25) is 0 Å². The number of hydrogen-bond donors (Lipinski definition) is 1. The third kappa shape index (κ3) is 4.07. The van der Waals surface area contributed by atoms with Crippen molar-refractivity contribution < 1.29 is 28.7 Å². The minimum absolute atomic E-state index is 0.0758. The van der Waals surface area contributed by atoms with E-state index in [2.05, 4.69) is 10.1 Å². The molecule has 2 aromatic rings. The lowest BCUT2D eigenvalue weighted by molar-refractivity contribution is -0.143. The van der Waals surface area contributed by atoms with Gasteiger partial charge in [0.05, 0.1) is 19.8 Å². The zero-order chi connectivity index (χ0) is 22.9. The minimum Gasteiger partial charge on any atom is -0.468 e. The van der Waals surface area contributed by atoms with Crippen LogP contribution in [0.5, 0.6) is 0 Å². The van der Waals surface area contributed by atoms with E-state index in [1.165, 1.54) is 14.2 Å². The molecule has 0 aliphatic carbocycles. The number of nitrogens with zero attached hydrogens (tertiary/aromatic N) is 2. The van der Waals surface area contributed by atoms with E-state index in [-0.39, 0.29) is 5.70 Å². The fourth-order valence-electron chi connectivity index (χ4n) is 3.52. The SMILES string of the molecule is COC(=O)CN1C(=O)NC(=Cc2cc(C)n(-c3ccc(C(=O)OC)cc3C)c2C)C1=O. The van der Waals surface area contributed by atoms with Crippen LogP contribution in [0.25, 0.3) is 11.8 Å². The molecule has 1 aromatic heterocycles. The van der Waals surface area contributed by atoms with E-state index in [0.717, 1.165) is 33.1 Å². The Morgan fingerprint density at radius 2 is 1.77 bits per heavy atom. The first-order valence-corrected chi connectivity index (χ1v) is 9.47. The standard InChI is InChI=1S/C22H23N3O6/c1-12-8-15(21(28)31-5)6-7-18(12)25-13(2)9-16(14(25)3)10-17-20(27)24(22(29)23-17)11-19(26)30-4/h6-10H,11H2,1-5H3,(H,23,29). The number of nitrogens with one attached hydrogen (secondary N) is 1. The van der Waals surface area contributed by atoms with Gasteiger partial charge in [0.25, 0.3) is 5.91 Å². The smallest absolute Gasteiger partial charge is 0.337 e. The third-order valence-electron chi connectivity index (χ3n) is 5.11. The fraction of sp³-hybridized carbons (Fsp3) is 0.273. The van der Waals surface area contributed by atoms with E-state index in [9.17, 15) is 19.2 Å². The van der Waals surface area contributed by atoms with E-state index in [4.69, 9.17) is 4.74 Å². The molecular weight excluding hydrogens is 402 g/mol. The largest absolute Gasteiger partial charge is 0.468 e. The summed E-state index contributed by atoms with van der Waals surface area (Å²) in [6.07, 6.45) is 1.58. The normalized spacial score (nSPS) is 14.7. The van der Waals surface area contributed by atoms with Crippen LogP contribution in [0.4, 0.5) is 4.79 Å². The van der Waals surface area contributed by atoms with Gasteiger partial charge >= 0.3 is 18.0 Å². The second-order valence-electron chi connectivity index (χ2n) is 7.11. The number of amides is 3. The first kappa shape index (κ1) is 21.8. The topological polar surface area (TPSA) is 107 Å². The highest BCUT2D eigenvalue weighted by molar-refractivity contribution is 6.15. The summed E-state index contributed by atoms with van der Waals surface area (Å²) < 4.78 is 11.3. The summed E-state index contributed by atoms with van der Waals surface area (Å²) in [5, 5.41) is 2.50. The van der Waals surface area contributed by atoms with Crippen LogP contribution in [0.1, 0.15) is 32.9 Å². The van der Waals surface area contributed by atoms with Crippen LogP contribution in [-0.4, -0.2) is 54.1 Å². The molecule has 0 spiro atoms. The highest BCUT2D eigenvalue weighted by Gasteiger charge is 2.35. The molecule has 0 atom stereocenters. The predicted molar refractivity (Wildman–Crippen MR) is 112 cm³/mol. The number of carbonyl (C=O) groups excluding carboxylic acids is 4. The first-order valence-electron chi connectivity index (χ1n) is 9.47. The maximum Gasteiger partial charge on any atom is 0.337 e. The molecule has 9 heteroatoms. The summed E-state index contributed by atoms with van der Waals surface area (Å²) in [7, 11) is 2.52.